The summed E-state index contributed by atoms with van der Waals surface area (Å²) in [5, 5.41) is 0. The summed E-state index contributed by atoms with van der Waals surface area (Å²) in [6.07, 6.45) is 3.54. The molecule has 0 aliphatic carbocycles. The minimum Gasteiger partial charge on any atom is -0.444 e. The maximum absolute atomic E-state index is 12.7. The van der Waals surface area contributed by atoms with E-state index in [-0.39, 0.29) is 18.2 Å². The summed E-state index contributed by atoms with van der Waals surface area (Å²) in [5.41, 5.74) is 0.669. The van der Waals surface area contributed by atoms with Crippen molar-refractivity contribution in [3.8, 4) is 0 Å². The highest BCUT2D eigenvalue weighted by atomic mass is 16.6. The van der Waals surface area contributed by atoms with Crippen LogP contribution in [0.1, 0.15) is 53.7 Å². The van der Waals surface area contributed by atoms with E-state index in [1.54, 1.807) is 11.1 Å². The quantitative estimate of drug-likeness (QED) is 0.723. The Bertz CT molecular complexity index is 781. The molecule has 7 nitrogen and oxygen atoms in total. The lowest BCUT2D eigenvalue weighted by Gasteiger charge is -2.44. The molecule has 2 bridgehead atoms. The van der Waals surface area contributed by atoms with E-state index in [4.69, 9.17) is 14.2 Å². The lowest BCUT2D eigenvalue weighted by atomic mass is 9.92. The first kappa shape index (κ1) is 20.5. The number of ether oxygens (including phenoxy) is 3. The summed E-state index contributed by atoms with van der Waals surface area (Å²) in [6, 6.07) is 3.37. The number of carbonyl (C=O) groups excluding carboxylic acids is 2. The van der Waals surface area contributed by atoms with Crippen LogP contribution < -0.4 is 0 Å². The van der Waals surface area contributed by atoms with Crippen LogP contribution in [0.5, 0.6) is 0 Å². The second-order valence-electron chi connectivity index (χ2n) is 9.29. The van der Waals surface area contributed by atoms with Crippen LogP contribution in [0.3, 0.4) is 0 Å². The van der Waals surface area contributed by atoms with Crippen LogP contribution in [0.2, 0.25) is 0 Å². The first-order valence-corrected chi connectivity index (χ1v) is 9.65. The second-order valence-corrected chi connectivity index (χ2v) is 9.29. The Hall–Kier alpha value is -2.28. The molecule has 0 saturated carbocycles. The molecule has 1 fully saturated rings. The molecule has 7 heteroatoms. The average molecular weight is 390 g/mol. The summed E-state index contributed by atoms with van der Waals surface area (Å²) in [7, 11) is 0. The lowest BCUT2D eigenvalue weighted by molar-refractivity contribution is -0.0511. The van der Waals surface area contributed by atoms with Gasteiger partial charge in [-0.15, -0.1) is 0 Å². The van der Waals surface area contributed by atoms with E-state index in [0.29, 0.717) is 19.6 Å². The van der Waals surface area contributed by atoms with E-state index in [1.165, 1.54) is 4.57 Å². The van der Waals surface area contributed by atoms with Crippen molar-refractivity contribution >= 4 is 17.8 Å². The number of aromatic nitrogens is 1. The molecule has 2 atom stereocenters. The number of hydrogen-bond acceptors (Lipinski definition) is 5. The third-order valence-electron chi connectivity index (χ3n) is 4.47. The van der Waals surface area contributed by atoms with Crippen LogP contribution in [0, 0.1) is 0 Å². The fourth-order valence-corrected chi connectivity index (χ4v) is 3.50. The minimum atomic E-state index is -0.572. The summed E-state index contributed by atoms with van der Waals surface area (Å²) in [6.45, 7) is 12.0. The van der Waals surface area contributed by atoms with Crippen molar-refractivity contribution in [2.75, 3.05) is 13.2 Å². The topological polar surface area (TPSA) is 70.0 Å². The van der Waals surface area contributed by atoms with E-state index < -0.39 is 17.3 Å². The van der Waals surface area contributed by atoms with Gasteiger partial charge < -0.3 is 14.2 Å². The normalized spacial score (nSPS) is 22.5. The van der Waals surface area contributed by atoms with Crippen molar-refractivity contribution in [2.45, 2.75) is 71.2 Å². The van der Waals surface area contributed by atoms with Gasteiger partial charge in [0.25, 0.3) is 0 Å². The summed E-state index contributed by atoms with van der Waals surface area (Å²) < 4.78 is 18.3. The Kier molecular flexibility index (Phi) is 5.32. The average Bonchev–Trinajstić information content (AvgIpc) is 2.99. The van der Waals surface area contributed by atoms with Gasteiger partial charge in [0.15, 0.2) is 0 Å². The second kappa shape index (κ2) is 7.28. The van der Waals surface area contributed by atoms with Crippen LogP contribution >= 0.6 is 0 Å². The lowest BCUT2D eigenvalue weighted by Crippen LogP contribution is -2.57. The van der Waals surface area contributed by atoms with Crippen molar-refractivity contribution in [3.05, 3.63) is 30.1 Å². The molecule has 2 aliphatic rings. The maximum atomic E-state index is 12.7. The molecule has 1 aromatic heterocycles. The number of fused-ring (bicyclic) bond motifs is 2. The van der Waals surface area contributed by atoms with Gasteiger partial charge >= 0.3 is 12.2 Å². The van der Waals surface area contributed by atoms with Gasteiger partial charge in [-0.3, -0.25) is 9.47 Å². The van der Waals surface area contributed by atoms with Crippen molar-refractivity contribution in [3.63, 3.8) is 0 Å². The highest BCUT2D eigenvalue weighted by Crippen LogP contribution is 2.34. The predicted molar refractivity (Wildman–Crippen MR) is 105 cm³/mol. The molecule has 0 radical (unpaired) electrons. The van der Waals surface area contributed by atoms with E-state index in [9.17, 15) is 9.59 Å². The SMILES string of the molecule is CC(C)(C)OC(=O)N1C2C=C(c3cccn3C(=O)OC(C)(C)C)CC1COC2. The molecule has 2 aliphatic heterocycles. The molecule has 0 spiro atoms. The first-order valence-electron chi connectivity index (χ1n) is 9.65. The summed E-state index contributed by atoms with van der Waals surface area (Å²) >= 11 is 0. The van der Waals surface area contributed by atoms with E-state index in [1.807, 2.05) is 59.8 Å². The zero-order valence-corrected chi connectivity index (χ0v) is 17.5. The van der Waals surface area contributed by atoms with Gasteiger partial charge in [0, 0.05) is 6.20 Å². The maximum Gasteiger partial charge on any atom is 0.418 e. The van der Waals surface area contributed by atoms with E-state index in [0.717, 1.165) is 11.3 Å². The van der Waals surface area contributed by atoms with Gasteiger partial charge in [-0.25, -0.2) is 9.59 Å². The van der Waals surface area contributed by atoms with Gasteiger partial charge in [-0.05, 0) is 65.7 Å². The Morgan fingerprint density at radius 2 is 1.68 bits per heavy atom. The van der Waals surface area contributed by atoms with Crippen molar-refractivity contribution < 1.29 is 23.8 Å². The van der Waals surface area contributed by atoms with Gasteiger partial charge in [-0.2, -0.15) is 0 Å². The largest absolute Gasteiger partial charge is 0.444 e. The fraction of sp³-hybridized carbons (Fsp3) is 0.619. The number of morpholine rings is 1. The molecule has 2 unspecified atom stereocenters. The fourth-order valence-electron chi connectivity index (χ4n) is 3.50. The molecule has 154 valence electrons. The first-order chi connectivity index (χ1) is 12.9. The standard InChI is InChI=1S/C21H30N2O5/c1-20(2,3)27-18(24)22-9-7-8-17(22)14-10-15-12-26-13-16(11-14)23(15)19(25)28-21(4,5)6/h7-10,15-16H,11-13H2,1-6H3. The van der Waals surface area contributed by atoms with Crippen LogP contribution in [0.15, 0.2) is 24.4 Å². The molecular formula is C21H30N2O5. The molecule has 0 aromatic carbocycles. The molecule has 0 N–H and O–H groups in total. The van der Waals surface area contributed by atoms with Gasteiger partial charge in [-0.1, -0.05) is 6.08 Å². The Morgan fingerprint density at radius 1 is 1.04 bits per heavy atom. The van der Waals surface area contributed by atoms with Crippen LogP contribution in [0.25, 0.3) is 5.57 Å². The van der Waals surface area contributed by atoms with Gasteiger partial charge in [0.1, 0.15) is 11.2 Å². The summed E-state index contributed by atoms with van der Waals surface area (Å²) in [5.74, 6) is 0. The molecule has 1 saturated heterocycles. The number of amides is 1. The molecular weight excluding hydrogens is 360 g/mol. The number of hydrogen-bond donors (Lipinski definition) is 0. The summed E-state index contributed by atoms with van der Waals surface area (Å²) in [4.78, 5) is 27.0. The monoisotopic (exact) mass is 390 g/mol. The zero-order chi connectivity index (χ0) is 20.7. The van der Waals surface area contributed by atoms with E-state index in [2.05, 4.69) is 0 Å². The van der Waals surface area contributed by atoms with Crippen LogP contribution in [0.4, 0.5) is 9.59 Å². The molecule has 1 aromatic rings. The van der Waals surface area contributed by atoms with Gasteiger partial charge in [0.05, 0.1) is 31.0 Å². The van der Waals surface area contributed by atoms with Crippen molar-refractivity contribution in [1.29, 1.82) is 0 Å². The molecule has 3 heterocycles. The highest BCUT2D eigenvalue weighted by molar-refractivity contribution is 5.80. The smallest absolute Gasteiger partial charge is 0.418 e. The van der Waals surface area contributed by atoms with Gasteiger partial charge in [0.2, 0.25) is 0 Å². The van der Waals surface area contributed by atoms with Crippen LogP contribution in [-0.4, -0.2) is 58.2 Å². The Balaban J connectivity index is 1.86. The van der Waals surface area contributed by atoms with Crippen molar-refractivity contribution in [2.24, 2.45) is 0 Å². The Morgan fingerprint density at radius 3 is 2.29 bits per heavy atom. The zero-order valence-electron chi connectivity index (χ0n) is 17.5. The molecule has 28 heavy (non-hydrogen) atoms. The number of nitrogens with zero attached hydrogens (tertiary/aromatic N) is 2. The van der Waals surface area contributed by atoms with Crippen LogP contribution in [-0.2, 0) is 14.2 Å². The molecule has 3 rings (SSSR count). The predicted octanol–water partition coefficient (Wildman–Crippen LogP) is 4.06. The Labute approximate surface area is 166 Å². The highest BCUT2D eigenvalue weighted by Gasteiger charge is 2.40. The third-order valence-corrected chi connectivity index (χ3v) is 4.47. The number of rotatable bonds is 1. The third kappa shape index (κ3) is 4.58. The van der Waals surface area contributed by atoms with Crippen molar-refractivity contribution in [1.82, 2.24) is 9.47 Å². The number of carbonyl (C=O) groups is 2. The van der Waals surface area contributed by atoms with E-state index >= 15 is 0 Å². The minimum absolute atomic E-state index is 0.129. The molecule has 1 amide bonds.